The highest BCUT2D eigenvalue weighted by Gasteiger charge is 2.35. The van der Waals surface area contributed by atoms with E-state index in [1.165, 1.54) is 32.4 Å². The van der Waals surface area contributed by atoms with Gasteiger partial charge in [0, 0.05) is 49.2 Å². The lowest BCUT2D eigenvalue weighted by molar-refractivity contribution is 0.154. The molecule has 2 aromatic rings. The largest absolute Gasteiger partial charge is 0.497 e. The number of nitrogens with zero attached hydrogens (tertiary/aromatic N) is 4. The summed E-state index contributed by atoms with van der Waals surface area (Å²) in [6.07, 6.45) is 9.76. The molecule has 4 rings (SSSR count). The van der Waals surface area contributed by atoms with Crippen molar-refractivity contribution in [2.45, 2.75) is 78.0 Å². The van der Waals surface area contributed by atoms with Gasteiger partial charge in [-0.2, -0.15) is 0 Å². The van der Waals surface area contributed by atoms with Gasteiger partial charge in [-0.25, -0.2) is 9.79 Å². The molecule has 2 aromatic carbocycles. The molecule has 0 bridgehead atoms. The van der Waals surface area contributed by atoms with E-state index in [9.17, 15) is 4.79 Å². The highest BCUT2D eigenvalue weighted by atomic mass is 16.6. The Morgan fingerprint density at radius 3 is 2.56 bits per heavy atom. The number of carbonyl (C=O) groups excluding carboxylic acids is 1. The number of amides is 1. The van der Waals surface area contributed by atoms with Crippen molar-refractivity contribution in [1.29, 1.82) is 0 Å². The monoisotopic (exact) mass is 621 g/mol. The van der Waals surface area contributed by atoms with E-state index in [0.717, 1.165) is 37.2 Å². The van der Waals surface area contributed by atoms with E-state index in [0.29, 0.717) is 30.3 Å². The molecule has 2 heterocycles. The van der Waals surface area contributed by atoms with Gasteiger partial charge in [0.15, 0.2) is 0 Å². The normalized spacial score (nSPS) is 18.4. The number of piperidine rings is 1. The van der Waals surface area contributed by atoms with Crippen LogP contribution >= 0.6 is 0 Å². The molecule has 2 aliphatic rings. The lowest BCUT2D eigenvalue weighted by Crippen LogP contribution is -2.53. The molecule has 0 radical (unpaired) electrons. The maximum atomic E-state index is 13.6. The first kappa shape index (κ1) is 34.0. The fourth-order valence-electron chi connectivity index (χ4n) is 5.80. The van der Waals surface area contributed by atoms with Crippen LogP contribution in [0.3, 0.4) is 0 Å². The number of benzene rings is 2. The van der Waals surface area contributed by atoms with E-state index >= 15 is 0 Å². The number of aliphatic imine (C=N–C) groups is 1. The zero-order chi connectivity index (χ0) is 32.2. The predicted octanol–water partition coefficient (Wildman–Crippen LogP) is 7.12. The van der Waals surface area contributed by atoms with Crippen LogP contribution in [-0.2, 0) is 4.74 Å². The van der Waals surface area contributed by atoms with Crippen molar-refractivity contribution >= 4 is 23.4 Å². The molecule has 0 spiro atoms. The van der Waals surface area contributed by atoms with Gasteiger partial charge in [-0.15, -0.1) is 0 Å². The van der Waals surface area contributed by atoms with Crippen molar-refractivity contribution < 1.29 is 23.7 Å². The lowest BCUT2D eigenvalue weighted by Gasteiger charge is -2.43. The van der Waals surface area contributed by atoms with Crippen LogP contribution in [0.4, 0.5) is 16.2 Å². The topological polar surface area (TPSA) is 88.1 Å². The zero-order valence-corrected chi connectivity index (χ0v) is 27.9. The van der Waals surface area contributed by atoms with Crippen molar-refractivity contribution in [2.75, 3.05) is 57.2 Å². The van der Waals surface area contributed by atoms with Crippen LogP contribution in [0.2, 0.25) is 0 Å². The number of carbonyl (C=O) groups is 1. The average Bonchev–Trinajstić information content (AvgIpc) is 3.03. The third-order valence-electron chi connectivity index (χ3n) is 8.14. The van der Waals surface area contributed by atoms with Crippen LogP contribution in [0.1, 0.15) is 66.2 Å². The maximum Gasteiger partial charge on any atom is 0.421 e. The van der Waals surface area contributed by atoms with Gasteiger partial charge in [0.05, 0.1) is 26.5 Å². The van der Waals surface area contributed by atoms with Gasteiger partial charge in [-0.3, -0.25) is 4.90 Å². The molecular weight excluding hydrogens is 570 g/mol. The van der Waals surface area contributed by atoms with Crippen molar-refractivity contribution in [1.82, 2.24) is 9.80 Å². The molecule has 0 aliphatic carbocycles. The Hall–Kier alpha value is -3.92. The van der Waals surface area contributed by atoms with Gasteiger partial charge in [-0.05, 0) is 83.8 Å². The number of nitrogens with one attached hydrogen (secondary N) is 1. The van der Waals surface area contributed by atoms with E-state index < -0.39 is 11.9 Å². The molecule has 1 N–H and O–H groups in total. The van der Waals surface area contributed by atoms with Crippen LogP contribution < -0.4 is 24.4 Å². The van der Waals surface area contributed by atoms with Crippen LogP contribution in [-0.4, -0.2) is 80.6 Å². The summed E-state index contributed by atoms with van der Waals surface area (Å²) in [7, 11) is 3.17. The van der Waals surface area contributed by atoms with E-state index in [-0.39, 0.29) is 11.9 Å². The fourth-order valence-corrected chi connectivity index (χ4v) is 5.80. The molecule has 1 unspecified atom stereocenters. The minimum atomic E-state index is -0.919. The summed E-state index contributed by atoms with van der Waals surface area (Å²) < 4.78 is 23.0. The second-order valence-corrected chi connectivity index (χ2v) is 12.0. The van der Waals surface area contributed by atoms with Crippen molar-refractivity contribution in [3.8, 4) is 17.2 Å². The number of hydrogen-bond donors (Lipinski definition) is 1. The molecule has 1 saturated heterocycles. The third kappa shape index (κ3) is 9.29. The van der Waals surface area contributed by atoms with E-state index in [4.69, 9.17) is 23.9 Å². The highest BCUT2D eigenvalue weighted by Crippen LogP contribution is 2.34. The molecule has 1 amide bonds. The highest BCUT2D eigenvalue weighted by molar-refractivity contribution is 6.02. The Morgan fingerprint density at radius 1 is 1.04 bits per heavy atom. The van der Waals surface area contributed by atoms with Crippen molar-refractivity contribution in [2.24, 2.45) is 4.99 Å². The number of hydrogen-bond acceptors (Lipinski definition) is 9. The van der Waals surface area contributed by atoms with Crippen LogP contribution in [0.15, 0.2) is 59.7 Å². The van der Waals surface area contributed by atoms with Gasteiger partial charge in [0.1, 0.15) is 17.2 Å². The number of rotatable bonds is 14. The molecule has 1 atom stereocenters. The molecule has 10 nitrogen and oxygen atoms in total. The minimum absolute atomic E-state index is 0.124. The van der Waals surface area contributed by atoms with Gasteiger partial charge in [0.25, 0.3) is 0 Å². The molecule has 45 heavy (non-hydrogen) atoms. The molecule has 246 valence electrons. The molecule has 0 aromatic heterocycles. The SMILES string of the molecule is CCCCN(C(=O)OC1=NC(C)(Nc2cccc(OCCCN3CCCCC3)c2)N(C(C)C)C=C1)c1ccc(OC)cc1OC. The Balaban J connectivity index is 1.47. The molecule has 1 fully saturated rings. The van der Waals surface area contributed by atoms with Crippen LogP contribution in [0.5, 0.6) is 17.2 Å². The smallest absolute Gasteiger partial charge is 0.421 e. The first-order valence-corrected chi connectivity index (χ1v) is 16.3. The summed E-state index contributed by atoms with van der Waals surface area (Å²) in [6.45, 7) is 12.8. The minimum Gasteiger partial charge on any atom is -0.497 e. The summed E-state index contributed by atoms with van der Waals surface area (Å²) in [5.41, 5.74) is 1.46. The fraction of sp³-hybridized carbons (Fsp3) is 0.543. The number of methoxy groups -OCH3 is 2. The lowest BCUT2D eigenvalue weighted by atomic mass is 10.1. The molecule has 0 saturated carbocycles. The maximum absolute atomic E-state index is 13.6. The van der Waals surface area contributed by atoms with E-state index in [1.54, 1.807) is 37.3 Å². The first-order valence-electron chi connectivity index (χ1n) is 16.3. The summed E-state index contributed by atoms with van der Waals surface area (Å²) in [5, 5.41) is 3.56. The number of unbranched alkanes of at least 4 members (excludes halogenated alkanes) is 1. The van der Waals surface area contributed by atoms with Gasteiger partial charge in [-0.1, -0.05) is 25.8 Å². The van der Waals surface area contributed by atoms with Gasteiger partial charge in [0.2, 0.25) is 11.7 Å². The average molecular weight is 622 g/mol. The molecule has 10 heteroatoms. The number of ether oxygens (including phenoxy) is 4. The molecule has 2 aliphatic heterocycles. The van der Waals surface area contributed by atoms with Gasteiger partial charge >= 0.3 is 6.09 Å². The van der Waals surface area contributed by atoms with Crippen LogP contribution in [0.25, 0.3) is 0 Å². The Bertz CT molecular complexity index is 1310. The first-order chi connectivity index (χ1) is 21.8. The van der Waals surface area contributed by atoms with Crippen molar-refractivity contribution in [3.63, 3.8) is 0 Å². The van der Waals surface area contributed by atoms with Crippen molar-refractivity contribution in [3.05, 3.63) is 54.7 Å². The third-order valence-corrected chi connectivity index (χ3v) is 8.14. The predicted molar refractivity (Wildman–Crippen MR) is 181 cm³/mol. The summed E-state index contributed by atoms with van der Waals surface area (Å²) in [4.78, 5) is 24.8. The van der Waals surface area contributed by atoms with E-state index in [2.05, 4.69) is 35.9 Å². The Labute approximate surface area is 269 Å². The Morgan fingerprint density at radius 2 is 1.84 bits per heavy atom. The summed E-state index contributed by atoms with van der Waals surface area (Å²) in [6, 6.07) is 13.4. The van der Waals surface area contributed by atoms with E-state index in [1.807, 2.05) is 43.5 Å². The summed E-state index contributed by atoms with van der Waals surface area (Å²) in [5.74, 6) is 1.26. The second kappa shape index (κ2) is 16.4. The zero-order valence-electron chi connectivity index (χ0n) is 27.9. The number of anilines is 2. The number of likely N-dealkylation sites (tertiary alicyclic amines) is 1. The molecular formula is C35H51N5O5. The van der Waals surface area contributed by atoms with Gasteiger partial charge < -0.3 is 34.1 Å². The Kier molecular flexibility index (Phi) is 12.4. The second-order valence-electron chi connectivity index (χ2n) is 12.0. The standard InChI is InChI=1S/C35H51N5O5/c1-7-8-22-39(31-17-16-29(42-5)26-32(31)43-6)34(41)45-33-18-23-40(27(2)3)35(4,37-33)36-28-14-12-15-30(25-28)44-24-13-21-38-19-10-9-11-20-38/h12,14-18,23,25-27,36H,7-11,13,19-22,24H2,1-6H3. The quantitative estimate of drug-likeness (QED) is 0.223. The summed E-state index contributed by atoms with van der Waals surface area (Å²) >= 11 is 0. The van der Waals surface area contributed by atoms with Crippen LogP contribution in [0, 0.1) is 0 Å².